The molecule has 0 radical (unpaired) electrons. The number of ether oxygens (including phenoxy) is 1. The van der Waals surface area contributed by atoms with Gasteiger partial charge in [-0.25, -0.2) is 9.79 Å². The second-order valence-electron chi connectivity index (χ2n) is 12.3. The van der Waals surface area contributed by atoms with Gasteiger partial charge in [0, 0.05) is 45.4 Å². The summed E-state index contributed by atoms with van der Waals surface area (Å²) in [5.74, 6) is 2.18. The molecule has 1 amide bonds. The van der Waals surface area contributed by atoms with Gasteiger partial charge < -0.3 is 25.0 Å². The van der Waals surface area contributed by atoms with E-state index in [4.69, 9.17) is 14.7 Å². The van der Waals surface area contributed by atoms with Gasteiger partial charge in [0.2, 0.25) is 11.9 Å². The molecule has 1 saturated carbocycles. The number of carbonyl (C=O) groups excluding carboxylic acids is 1. The first kappa shape index (κ1) is 33.2. The van der Waals surface area contributed by atoms with E-state index in [1.54, 1.807) is 0 Å². The molecule has 0 spiro atoms. The summed E-state index contributed by atoms with van der Waals surface area (Å²) in [5.41, 5.74) is 1.87. The summed E-state index contributed by atoms with van der Waals surface area (Å²) in [7, 11) is 2.10. The number of hydrogen-bond acceptors (Lipinski definition) is 4. The van der Waals surface area contributed by atoms with Crippen LogP contribution in [0.15, 0.2) is 70.6 Å². The summed E-state index contributed by atoms with van der Waals surface area (Å²) in [4.78, 5) is 37.9. The van der Waals surface area contributed by atoms with Crippen LogP contribution in [0.4, 0.5) is 5.69 Å². The van der Waals surface area contributed by atoms with Crippen LogP contribution < -0.4 is 5.32 Å². The number of amides is 1. The third-order valence-electron chi connectivity index (χ3n) is 8.83. The third kappa shape index (κ3) is 10.2. The Labute approximate surface area is 262 Å². The van der Waals surface area contributed by atoms with Crippen LogP contribution in [0.25, 0.3) is 0 Å². The van der Waals surface area contributed by atoms with Gasteiger partial charge in [0.25, 0.3) is 0 Å². The SMILES string of the molecule is CC(C)C1CCC(C(=O)N[C@H](Cc2ccccc2)C(=O)O)CC1.CN1CCCC1=NC(=Nc1ccccc1)N1CCOCC1. The molecular weight excluding hydrogens is 554 g/mol. The van der Waals surface area contributed by atoms with Crippen molar-refractivity contribution in [3.05, 3.63) is 66.2 Å². The number of rotatable bonds is 7. The van der Waals surface area contributed by atoms with E-state index in [9.17, 15) is 14.7 Å². The predicted molar refractivity (Wildman–Crippen MR) is 175 cm³/mol. The highest BCUT2D eigenvalue weighted by Gasteiger charge is 2.30. The molecule has 2 heterocycles. The molecule has 2 N–H and O–H groups in total. The number of benzene rings is 2. The predicted octanol–water partition coefficient (Wildman–Crippen LogP) is 5.39. The number of aliphatic imine (C=N–C) groups is 2. The lowest BCUT2D eigenvalue weighted by Crippen LogP contribution is -2.45. The molecule has 9 nitrogen and oxygen atoms in total. The number of aliphatic carboxylic acids is 1. The second-order valence-corrected chi connectivity index (χ2v) is 12.3. The molecule has 2 aromatic rings. The van der Waals surface area contributed by atoms with Crippen molar-refractivity contribution in [2.45, 2.75) is 64.8 Å². The molecule has 2 aromatic carbocycles. The summed E-state index contributed by atoms with van der Waals surface area (Å²) < 4.78 is 5.44. The Balaban J connectivity index is 0.000000201. The summed E-state index contributed by atoms with van der Waals surface area (Å²) in [6.07, 6.45) is 6.39. The fourth-order valence-electron chi connectivity index (χ4n) is 5.99. The van der Waals surface area contributed by atoms with E-state index in [0.717, 1.165) is 88.0 Å². The average Bonchev–Trinajstić information content (AvgIpc) is 3.46. The zero-order valence-corrected chi connectivity index (χ0v) is 26.5. The van der Waals surface area contributed by atoms with Crippen molar-refractivity contribution in [1.29, 1.82) is 0 Å². The van der Waals surface area contributed by atoms with E-state index in [-0.39, 0.29) is 11.8 Å². The number of likely N-dealkylation sites (tertiary alicyclic amines) is 1. The standard InChI is InChI=1S/C19H27NO3.C16H22N4O/c1-13(2)15-8-10-16(11-9-15)18(21)20-17(19(22)23)12-14-6-4-3-5-7-14;1-19-9-5-8-15(19)18-16(20-10-12-21-13-11-20)17-14-6-3-2-4-7-14/h3-7,13,15-17H,8-12H2,1-2H3,(H,20,21)(H,22,23);2-4,6-7H,5,8-13H2,1H3/t15?,16?,17-;/m1./s1. The highest BCUT2D eigenvalue weighted by molar-refractivity contribution is 5.97. The van der Waals surface area contributed by atoms with E-state index in [1.807, 2.05) is 60.7 Å². The number of nitrogens with zero attached hydrogens (tertiary/aromatic N) is 4. The fraction of sp³-hybridized carbons (Fsp3) is 0.543. The Kier molecular flexibility index (Phi) is 12.8. The molecule has 0 unspecified atom stereocenters. The molecule has 3 fully saturated rings. The van der Waals surface area contributed by atoms with Gasteiger partial charge in [-0.15, -0.1) is 0 Å². The molecule has 3 aliphatic rings. The molecule has 0 bridgehead atoms. The Morgan fingerprint density at radius 3 is 2.16 bits per heavy atom. The Morgan fingerprint density at radius 2 is 1.59 bits per heavy atom. The molecule has 238 valence electrons. The van der Waals surface area contributed by atoms with Crippen LogP contribution in [0, 0.1) is 17.8 Å². The van der Waals surface area contributed by atoms with Crippen LogP contribution in [0.3, 0.4) is 0 Å². The van der Waals surface area contributed by atoms with Crippen molar-refractivity contribution in [2.24, 2.45) is 27.7 Å². The normalized spacial score (nSPS) is 22.4. The number of para-hydroxylation sites is 1. The molecule has 1 aliphatic carbocycles. The number of morpholine rings is 1. The lowest BCUT2D eigenvalue weighted by atomic mass is 9.76. The van der Waals surface area contributed by atoms with Crippen LogP contribution in [-0.4, -0.2) is 84.5 Å². The lowest BCUT2D eigenvalue weighted by molar-refractivity contribution is -0.142. The van der Waals surface area contributed by atoms with Crippen molar-refractivity contribution in [1.82, 2.24) is 15.1 Å². The number of carboxylic acids is 1. The number of carbonyl (C=O) groups is 2. The van der Waals surface area contributed by atoms with Gasteiger partial charge in [0.1, 0.15) is 11.9 Å². The topological polar surface area (TPSA) is 107 Å². The Bertz CT molecular complexity index is 1240. The Morgan fingerprint density at radius 1 is 0.955 bits per heavy atom. The summed E-state index contributed by atoms with van der Waals surface area (Å²) >= 11 is 0. The van der Waals surface area contributed by atoms with Crippen molar-refractivity contribution in [2.75, 3.05) is 39.9 Å². The lowest BCUT2D eigenvalue weighted by Gasteiger charge is -2.30. The number of amidine groups is 1. The van der Waals surface area contributed by atoms with Crippen LogP contribution in [0.1, 0.15) is 57.9 Å². The molecule has 2 saturated heterocycles. The Hall–Kier alpha value is -3.72. The average molecular weight is 604 g/mol. The number of carboxylic acid groups (broad SMARTS) is 1. The minimum Gasteiger partial charge on any atom is -0.480 e. The monoisotopic (exact) mass is 603 g/mol. The molecular formula is C35H49N5O4. The first-order valence-corrected chi connectivity index (χ1v) is 16.1. The van der Waals surface area contributed by atoms with Gasteiger partial charge in [-0.3, -0.25) is 4.79 Å². The van der Waals surface area contributed by atoms with Gasteiger partial charge in [0.15, 0.2) is 0 Å². The van der Waals surface area contributed by atoms with E-state index >= 15 is 0 Å². The highest BCUT2D eigenvalue weighted by Crippen LogP contribution is 2.33. The smallest absolute Gasteiger partial charge is 0.326 e. The number of guanidine groups is 1. The molecule has 0 aromatic heterocycles. The summed E-state index contributed by atoms with van der Waals surface area (Å²) in [6, 6.07) is 18.6. The largest absolute Gasteiger partial charge is 0.480 e. The van der Waals surface area contributed by atoms with Crippen molar-refractivity contribution in [3.8, 4) is 0 Å². The van der Waals surface area contributed by atoms with Gasteiger partial charge in [0.05, 0.1) is 18.9 Å². The molecule has 9 heteroatoms. The maximum Gasteiger partial charge on any atom is 0.326 e. The van der Waals surface area contributed by atoms with Gasteiger partial charge in [-0.2, -0.15) is 4.99 Å². The minimum atomic E-state index is -0.974. The zero-order chi connectivity index (χ0) is 31.3. The van der Waals surface area contributed by atoms with Crippen molar-refractivity contribution in [3.63, 3.8) is 0 Å². The van der Waals surface area contributed by atoms with Crippen molar-refractivity contribution >= 4 is 29.4 Å². The van der Waals surface area contributed by atoms with E-state index in [1.165, 1.54) is 6.42 Å². The maximum atomic E-state index is 12.4. The molecule has 44 heavy (non-hydrogen) atoms. The van der Waals surface area contributed by atoms with E-state index in [2.05, 4.69) is 36.0 Å². The quantitative estimate of drug-likeness (QED) is 0.325. The summed E-state index contributed by atoms with van der Waals surface area (Å²) in [5, 5.41) is 12.1. The number of nitrogens with one attached hydrogen (secondary N) is 1. The van der Waals surface area contributed by atoms with E-state index in [0.29, 0.717) is 18.3 Å². The van der Waals surface area contributed by atoms with Crippen LogP contribution in [0.5, 0.6) is 0 Å². The minimum absolute atomic E-state index is 0.0392. The van der Waals surface area contributed by atoms with Gasteiger partial charge in [-0.05, 0) is 61.6 Å². The van der Waals surface area contributed by atoms with Gasteiger partial charge in [-0.1, -0.05) is 62.4 Å². The first-order chi connectivity index (χ1) is 21.3. The van der Waals surface area contributed by atoms with Crippen LogP contribution in [0.2, 0.25) is 0 Å². The van der Waals surface area contributed by atoms with Gasteiger partial charge >= 0.3 is 5.97 Å². The van der Waals surface area contributed by atoms with Crippen LogP contribution in [-0.2, 0) is 20.7 Å². The van der Waals surface area contributed by atoms with Crippen molar-refractivity contribution < 1.29 is 19.4 Å². The second kappa shape index (κ2) is 16.9. The first-order valence-electron chi connectivity index (χ1n) is 16.1. The molecule has 1 atom stereocenters. The number of hydrogen-bond donors (Lipinski definition) is 2. The van der Waals surface area contributed by atoms with Crippen LogP contribution >= 0.6 is 0 Å². The maximum absolute atomic E-state index is 12.4. The highest BCUT2D eigenvalue weighted by atomic mass is 16.5. The molecule has 2 aliphatic heterocycles. The molecule has 5 rings (SSSR count). The van der Waals surface area contributed by atoms with E-state index < -0.39 is 12.0 Å². The zero-order valence-electron chi connectivity index (χ0n) is 26.5. The summed E-state index contributed by atoms with van der Waals surface area (Å²) in [6.45, 7) is 8.73. The fourth-order valence-corrected chi connectivity index (χ4v) is 5.99. The third-order valence-corrected chi connectivity index (χ3v) is 8.83.